The van der Waals surface area contributed by atoms with Gasteiger partial charge < -0.3 is 5.11 Å². The molecule has 6 heteroatoms. The molecule has 1 aliphatic carbocycles. The highest BCUT2D eigenvalue weighted by Crippen LogP contribution is 2.45. The lowest BCUT2D eigenvalue weighted by Crippen LogP contribution is -2.33. The van der Waals surface area contributed by atoms with Crippen molar-refractivity contribution in [2.75, 3.05) is 4.90 Å². The summed E-state index contributed by atoms with van der Waals surface area (Å²) in [7, 11) is 0. The maximum atomic E-state index is 13.7. The van der Waals surface area contributed by atoms with Gasteiger partial charge in [0.25, 0.3) is 0 Å². The van der Waals surface area contributed by atoms with Crippen LogP contribution in [0.15, 0.2) is 18.2 Å². The number of fused-ring (bicyclic) bond motifs is 1. The number of nitrogens with zero attached hydrogens (tertiary/aromatic N) is 1. The molecule has 2 aliphatic rings. The predicted molar refractivity (Wildman–Crippen MR) is 71.2 cm³/mol. The number of carbonyl (C=O) groups excluding carboxylic acids is 2. The number of benzene rings is 1. The predicted octanol–water partition coefficient (Wildman–Crippen LogP) is 2.06. The third kappa shape index (κ3) is 1.93. The summed E-state index contributed by atoms with van der Waals surface area (Å²) in [5.41, 5.74) is -0.799. The third-order valence-electron chi connectivity index (χ3n) is 4.32. The molecule has 21 heavy (non-hydrogen) atoms. The Labute approximate surface area is 120 Å². The van der Waals surface area contributed by atoms with E-state index in [1.54, 1.807) is 0 Å². The van der Waals surface area contributed by atoms with Crippen molar-refractivity contribution in [2.45, 2.75) is 19.8 Å². The van der Waals surface area contributed by atoms with Crippen LogP contribution in [0.3, 0.4) is 0 Å². The van der Waals surface area contributed by atoms with E-state index in [0.717, 1.165) is 11.0 Å². The first kappa shape index (κ1) is 13.7. The van der Waals surface area contributed by atoms with Gasteiger partial charge in [-0.05, 0) is 30.9 Å². The minimum atomic E-state index is -1.49. The van der Waals surface area contributed by atoms with E-state index in [0.29, 0.717) is 18.8 Å². The minimum Gasteiger partial charge on any atom is -0.478 e. The third-order valence-corrected chi connectivity index (χ3v) is 4.32. The number of anilines is 1. The molecule has 0 spiro atoms. The Morgan fingerprint density at radius 2 is 1.81 bits per heavy atom. The lowest BCUT2D eigenvalue weighted by atomic mass is 10.00. The number of imide groups is 1. The summed E-state index contributed by atoms with van der Waals surface area (Å²) in [6.45, 7) is 1.98. The molecule has 2 fully saturated rings. The highest BCUT2D eigenvalue weighted by Gasteiger charge is 2.52. The Bertz CT molecular complexity index is 633. The Kier molecular flexibility index (Phi) is 3.04. The molecule has 2 unspecified atom stereocenters. The van der Waals surface area contributed by atoms with Crippen LogP contribution in [0.5, 0.6) is 0 Å². The van der Waals surface area contributed by atoms with Gasteiger partial charge in [0.15, 0.2) is 0 Å². The molecule has 1 N–H and O–H groups in total. The monoisotopic (exact) mass is 291 g/mol. The fourth-order valence-electron chi connectivity index (χ4n) is 3.43. The number of hydrogen-bond acceptors (Lipinski definition) is 3. The minimum absolute atomic E-state index is 0.167. The number of hydrogen-bond donors (Lipinski definition) is 1. The van der Waals surface area contributed by atoms with E-state index in [2.05, 4.69) is 0 Å². The van der Waals surface area contributed by atoms with Gasteiger partial charge in [0, 0.05) is 0 Å². The van der Waals surface area contributed by atoms with Gasteiger partial charge in [-0.2, -0.15) is 0 Å². The average Bonchev–Trinajstić information content (AvgIpc) is 2.88. The van der Waals surface area contributed by atoms with Crippen LogP contribution < -0.4 is 4.90 Å². The lowest BCUT2D eigenvalue weighted by Gasteiger charge is -2.19. The SMILES string of the molecule is CC1CC2C(=O)N(c3cccc(F)c3C(=O)O)C(=O)C2C1. The number of rotatable bonds is 2. The fraction of sp³-hybridized carbons (Fsp3) is 0.400. The molecule has 1 aromatic rings. The van der Waals surface area contributed by atoms with E-state index < -0.39 is 41.0 Å². The zero-order valence-corrected chi connectivity index (χ0v) is 11.4. The Morgan fingerprint density at radius 1 is 1.24 bits per heavy atom. The van der Waals surface area contributed by atoms with Crippen LogP contribution in [0.25, 0.3) is 0 Å². The second kappa shape index (κ2) is 4.65. The Hall–Kier alpha value is -2.24. The van der Waals surface area contributed by atoms with Crippen LogP contribution >= 0.6 is 0 Å². The summed E-state index contributed by atoms with van der Waals surface area (Å²) in [4.78, 5) is 36.9. The van der Waals surface area contributed by atoms with E-state index >= 15 is 0 Å². The summed E-state index contributed by atoms with van der Waals surface area (Å²) in [5, 5.41) is 9.14. The molecular weight excluding hydrogens is 277 g/mol. The van der Waals surface area contributed by atoms with Crippen molar-refractivity contribution in [1.29, 1.82) is 0 Å². The van der Waals surface area contributed by atoms with Gasteiger partial charge in [-0.3, -0.25) is 9.59 Å². The van der Waals surface area contributed by atoms with Crippen LogP contribution in [0.1, 0.15) is 30.1 Å². The number of amides is 2. The molecule has 0 radical (unpaired) electrons. The van der Waals surface area contributed by atoms with Crippen molar-refractivity contribution >= 4 is 23.5 Å². The topological polar surface area (TPSA) is 74.7 Å². The highest BCUT2D eigenvalue weighted by atomic mass is 19.1. The molecule has 3 rings (SSSR count). The Morgan fingerprint density at radius 3 is 2.33 bits per heavy atom. The summed E-state index contributed by atoms with van der Waals surface area (Å²) >= 11 is 0. The van der Waals surface area contributed by atoms with Gasteiger partial charge >= 0.3 is 5.97 Å². The summed E-state index contributed by atoms with van der Waals surface area (Å²) in [6, 6.07) is 3.60. The van der Waals surface area contributed by atoms with Gasteiger partial charge in [0.05, 0.1) is 17.5 Å². The van der Waals surface area contributed by atoms with Crippen LogP contribution in [0.2, 0.25) is 0 Å². The van der Waals surface area contributed by atoms with Crippen LogP contribution in [-0.2, 0) is 9.59 Å². The second-order valence-corrected chi connectivity index (χ2v) is 5.74. The van der Waals surface area contributed by atoms with Gasteiger partial charge in [0.2, 0.25) is 11.8 Å². The maximum absolute atomic E-state index is 13.7. The molecule has 1 saturated carbocycles. The number of halogens is 1. The van der Waals surface area contributed by atoms with Crippen molar-refractivity contribution < 1.29 is 23.9 Å². The zero-order valence-electron chi connectivity index (χ0n) is 11.4. The highest BCUT2D eigenvalue weighted by molar-refractivity contribution is 6.24. The number of carbonyl (C=O) groups is 3. The second-order valence-electron chi connectivity index (χ2n) is 5.74. The standard InChI is InChI=1S/C15H14FNO4/c1-7-5-8-9(6-7)14(19)17(13(8)18)11-4-2-3-10(16)12(11)15(20)21/h2-4,7-9H,5-6H2,1H3,(H,20,21). The smallest absolute Gasteiger partial charge is 0.340 e. The summed E-state index contributed by atoms with van der Waals surface area (Å²) < 4.78 is 13.7. The van der Waals surface area contributed by atoms with E-state index in [9.17, 15) is 18.8 Å². The molecule has 0 aromatic heterocycles. The quantitative estimate of drug-likeness (QED) is 0.846. The van der Waals surface area contributed by atoms with E-state index in [1.165, 1.54) is 12.1 Å². The van der Waals surface area contributed by atoms with Crippen LogP contribution in [0.4, 0.5) is 10.1 Å². The van der Waals surface area contributed by atoms with E-state index in [-0.39, 0.29) is 5.69 Å². The first-order chi connectivity index (χ1) is 9.91. The van der Waals surface area contributed by atoms with Gasteiger partial charge in [-0.1, -0.05) is 13.0 Å². The number of carboxylic acid groups (broad SMARTS) is 1. The fourth-order valence-corrected chi connectivity index (χ4v) is 3.43. The molecule has 110 valence electrons. The number of aromatic carboxylic acids is 1. The molecule has 1 aromatic carbocycles. The van der Waals surface area contributed by atoms with Crippen molar-refractivity contribution in [2.24, 2.45) is 17.8 Å². The summed E-state index contributed by atoms with van der Waals surface area (Å²) in [5.74, 6) is -3.79. The normalized spacial score (nSPS) is 28.1. The molecule has 1 heterocycles. The van der Waals surface area contributed by atoms with E-state index in [1.807, 2.05) is 6.92 Å². The first-order valence-electron chi connectivity index (χ1n) is 6.81. The molecular formula is C15H14FNO4. The van der Waals surface area contributed by atoms with Crippen molar-refractivity contribution in [1.82, 2.24) is 0 Å². The molecule has 5 nitrogen and oxygen atoms in total. The summed E-state index contributed by atoms with van der Waals surface area (Å²) in [6.07, 6.45) is 1.23. The number of carboxylic acids is 1. The van der Waals surface area contributed by atoms with Crippen molar-refractivity contribution in [3.05, 3.63) is 29.6 Å². The van der Waals surface area contributed by atoms with Crippen LogP contribution in [-0.4, -0.2) is 22.9 Å². The Balaban J connectivity index is 2.07. The van der Waals surface area contributed by atoms with Crippen LogP contribution in [0, 0.1) is 23.6 Å². The largest absolute Gasteiger partial charge is 0.478 e. The molecule has 1 aliphatic heterocycles. The zero-order chi connectivity index (χ0) is 15.3. The van der Waals surface area contributed by atoms with Gasteiger partial charge in [-0.15, -0.1) is 0 Å². The van der Waals surface area contributed by atoms with Crippen molar-refractivity contribution in [3.8, 4) is 0 Å². The van der Waals surface area contributed by atoms with Gasteiger partial charge in [0.1, 0.15) is 11.4 Å². The molecule has 2 atom stereocenters. The molecule has 0 bridgehead atoms. The first-order valence-corrected chi connectivity index (χ1v) is 6.81. The van der Waals surface area contributed by atoms with E-state index in [4.69, 9.17) is 5.11 Å². The lowest BCUT2D eigenvalue weighted by molar-refractivity contribution is -0.123. The maximum Gasteiger partial charge on any atom is 0.340 e. The molecule has 2 amide bonds. The van der Waals surface area contributed by atoms with Gasteiger partial charge in [-0.25, -0.2) is 14.1 Å². The molecule has 1 saturated heterocycles. The van der Waals surface area contributed by atoms with Crippen molar-refractivity contribution in [3.63, 3.8) is 0 Å². The average molecular weight is 291 g/mol.